The molecule has 1 aliphatic heterocycles. The lowest BCUT2D eigenvalue weighted by atomic mass is 9.96. The quantitative estimate of drug-likeness (QED) is 0.390. The average molecular weight is 425 g/mol. The van der Waals surface area contributed by atoms with Gasteiger partial charge < -0.3 is 15.4 Å². The molecule has 1 aliphatic rings. The molecule has 5 rings (SSSR count). The van der Waals surface area contributed by atoms with E-state index in [4.69, 9.17) is 0 Å². The first-order valence-electron chi connectivity index (χ1n) is 9.70. The van der Waals surface area contributed by atoms with Crippen LogP contribution in [0.3, 0.4) is 0 Å². The number of alkyl halides is 3. The number of nitrogens with zero attached hydrogens (tertiary/aromatic N) is 2. The molecule has 0 unspecified atom stereocenters. The molecule has 0 saturated heterocycles. The summed E-state index contributed by atoms with van der Waals surface area (Å²) in [7, 11) is 0. The Hall–Kier alpha value is -3.59. The van der Waals surface area contributed by atoms with Gasteiger partial charge in [0.1, 0.15) is 11.4 Å². The molecular formula is C22H18F3N5O. The fraction of sp³-hybridized carbons (Fsp3) is 0.182. The van der Waals surface area contributed by atoms with Crippen LogP contribution in [0.1, 0.15) is 11.3 Å². The highest BCUT2D eigenvalue weighted by molar-refractivity contribution is 5.94. The molecule has 2 aromatic heterocycles. The molecule has 0 amide bonds. The van der Waals surface area contributed by atoms with Gasteiger partial charge in [0.15, 0.2) is 5.82 Å². The van der Waals surface area contributed by atoms with E-state index in [-0.39, 0.29) is 11.3 Å². The average Bonchev–Trinajstić information content (AvgIpc) is 3.46. The summed E-state index contributed by atoms with van der Waals surface area (Å²) < 4.78 is 39.0. The SMILES string of the molecule is Oc1ccc(-c2ccc3c(-c4ncc(C5=CCNC5)[nH]4)n[nH]c3c2)c(CC(F)(F)F)c1. The molecule has 0 bridgehead atoms. The maximum atomic E-state index is 13.0. The Balaban J connectivity index is 1.52. The first kappa shape index (κ1) is 19.4. The Kier molecular flexibility index (Phi) is 4.55. The van der Waals surface area contributed by atoms with E-state index in [0.717, 1.165) is 35.8 Å². The normalized spacial score (nSPS) is 14.4. The van der Waals surface area contributed by atoms with Crippen LogP contribution in [0, 0.1) is 0 Å². The molecule has 9 heteroatoms. The molecule has 0 aliphatic carbocycles. The molecular weight excluding hydrogens is 407 g/mol. The van der Waals surface area contributed by atoms with Crippen molar-refractivity contribution in [3.05, 3.63) is 59.9 Å². The van der Waals surface area contributed by atoms with Crippen molar-refractivity contribution in [3.8, 4) is 28.4 Å². The van der Waals surface area contributed by atoms with Gasteiger partial charge in [-0.15, -0.1) is 0 Å². The number of aromatic amines is 2. The maximum absolute atomic E-state index is 13.0. The highest BCUT2D eigenvalue weighted by atomic mass is 19.4. The van der Waals surface area contributed by atoms with Crippen LogP contribution in [-0.4, -0.2) is 44.5 Å². The molecule has 0 spiro atoms. The van der Waals surface area contributed by atoms with Crippen LogP contribution < -0.4 is 5.32 Å². The number of imidazole rings is 1. The molecule has 4 N–H and O–H groups in total. The molecule has 0 saturated carbocycles. The van der Waals surface area contributed by atoms with E-state index in [9.17, 15) is 18.3 Å². The van der Waals surface area contributed by atoms with E-state index in [1.807, 2.05) is 6.07 Å². The number of hydrogen-bond donors (Lipinski definition) is 4. The van der Waals surface area contributed by atoms with E-state index in [1.54, 1.807) is 18.3 Å². The molecule has 158 valence electrons. The minimum atomic E-state index is -4.38. The standard InChI is InChI=1S/C22H18F3N5O/c23-22(24,25)9-14-7-15(31)2-4-16(14)12-1-3-17-18(8-12)29-30-20(17)21-27-11-19(28-21)13-5-6-26-10-13/h1-5,7-8,11,26,31H,6,9-10H2,(H,27,28)(H,29,30). The Morgan fingerprint density at radius 1 is 1.10 bits per heavy atom. The molecule has 0 fully saturated rings. The molecule has 6 nitrogen and oxygen atoms in total. The third kappa shape index (κ3) is 3.79. The second-order valence-corrected chi connectivity index (χ2v) is 7.47. The molecule has 2 aromatic carbocycles. The number of aromatic nitrogens is 4. The van der Waals surface area contributed by atoms with E-state index in [0.29, 0.717) is 28.2 Å². The zero-order valence-corrected chi connectivity index (χ0v) is 16.2. The number of H-pyrrole nitrogens is 2. The van der Waals surface area contributed by atoms with Crippen molar-refractivity contribution in [2.24, 2.45) is 0 Å². The molecule has 31 heavy (non-hydrogen) atoms. The van der Waals surface area contributed by atoms with E-state index in [2.05, 4.69) is 31.6 Å². The molecule has 4 aromatic rings. The summed E-state index contributed by atoms with van der Waals surface area (Å²) in [6.07, 6.45) is -1.64. The third-order valence-electron chi connectivity index (χ3n) is 5.31. The summed E-state index contributed by atoms with van der Waals surface area (Å²) in [6, 6.07) is 9.35. The summed E-state index contributed by atoms with van der Waals surface area (Å²) in [5.74, 6) is 0.415. The predicted octanol–water partition coefficient (Wildman–Crippen LogP) is 4.42. The topological polar surface area (TPSA) is 89.6 Å². The lowest BCUT2D eigenvalue weighted by molar-refractivity contribution is -0.127. The fourth-order valence-electron chi connectivity index (χ4n) is 3.88. The Labute approximate surface area is 174 Å². The summed E-state index contributed by atoms with van der Waals surface area (Å²) in [5.41, 5.74) is 4.41. The van der Waals surface area contributed by atoms with Crippen LogP contribution in [-0.2, 0) is 6.42 Å². The number of aromatic hydroxyl groups is 1. The van der Waals surface area contributed by atoms with Crippen molar-refractivity contribution in [3.63, 3.8) is 0 Å². The molecule has 0 atom stereocenters. The smallest absolute Gasteiger partial charge is 0.393 e. The maximum Gasteiger partial charge on any atom is 0.393 e. The van der Waals surface area contributed by atoms with Crippen LogP contribution in [0.5, 0.6) is 5.75 Å². The van der Waals surface area contributed by atoms with E-state index in [1.165, 1.54) is 12.1 Å². The summed E-state index contributed by atoms with van der Waals surface area (Å²) in [5, 5.41) is 21.0. The van der Waals surface area contributed by atoms with Gasteiger partial charge in [0.25, 0.3) is 0 Å². The summed E-state index contributed by atoms with van der Waals surface area (Å²) >= 11 is 0. The van der Waals surface area contributed by atoms with Crippen molar-refractivity contribution in [1.29, 1.82) is 0 Å². The summed E-state index contributed by atoms with van der Waals surface area (Å²) in [6.45, 7) is 1.60. The first-order valence-corrected chi connectivity index (χ1v) is 9.70. The van der Waals surface area contributed by atoms with Gasteiger partial charge in [-0.3, -0.25) is 5.10 Å². The van der Waals surface area contributed by atoms with Gasteiger partial charge in [-0.05, 0) is 46.5 Å². The highest BCUT2D eigenvalue weighted by Crippen LogP contribution is 2.34. The van der Waals surface area contributed by atoms with E-state index >= 15 is 0 Å². The third-order valence-corrected chi connectivity index (χ3v) is 5.31. The minimum absolute atomic E-state index is 0.0145. The fourth-order valence-corrected chi connectivity index (χ4v) is 3.88. The van der Waals surface area contributed by atoms with Gasteiger partial charge in [0, 0.05) is 18.5 Å². The Morgan fingerprint density at radius 3 is 2.74 bits per heavy atom. The highest BCUT2D eigenvalue weighted by Gasteiger charge is 2.29. The molecule has 3 heterocycles. The van der Waals surface area contributed by atoms with Gasteiger partial charge in [0.2, 0.25) is 0 Å². The van der Waals surface area contributed by atoms with Crippen LogP contribution in [0.4, 0.5) is 13.2 Å². The second kappa shape index (κ2) is 7.28. The van der Waals surface area contributed by atoms with Gasteiger partial charge in [-0.1, -0.05) is 18.2 Å². The van der Waals surface area contributed by atoms with Crippen LogP contribution >= 0.6 is 0 Å². The summed E-state index contributed by atoms with van der Waals surface area (Å²) in [4.78, 5) is 7.72. The van der Waals surface area contributed by atoms with Crippen LogP contribution in [0.2, 0.25) is 0 Å². The van der Waals surface area contributed by atoms with Crippen molar-refractivity contribution >= 4 is 16.5 Å². The number of rotatable bonds is 4. The second-order valence-electron chi connectivity index (χ2n) is 7.47. The zero-order valence-electron chi connectivity index (χ0n) is 16.2. The van der Waals surface area contributed by atoms with Crippen molar-refractivity contribution < 1.29 is 18.3 Å². The number of fused-ring (bicyclic) bond motifs is 1. The number of phenolic OH excluding ortho intramolecular Hbond substituents is 1. The first-order chi connectivity index (χ1) is 14.9. The van der Waals surface area contributed by atoms with Crippen LogP contribution in [0.25, 0.3) is 39.1 Å². The predicted molar refractivity (Wildman–Crippen MR) is 111 cm³/mol. The molecule has 0 radical (unpaired) electrons. The Bertz CT molecular complexity index is 1300. The van der Waals surface area contributed by atoms with Crippen molar-refractivity contribution in [2.75, 3.05) is 13.1 Å². The number of benzene rings is 2. The monoisotopic (exact) mass is 425 g/mol. The van der Waals surface area contributed by atoms with Gasteiger partial charge in [-0.25, -0.2) is 4.98 Å². The van der Waals surface area contributed by atoms with Crippen molar-refractivity contribution in [1.82, 2.24) is 25.5 Å². The van der Waals surface area contributed by atoms with E-state index < -0.39 is 12.6 Å². The zero-order chi connectivity index (χ0) is 21.6. The van der Waals surface area contributed by atoms with Crippen molar-refractivity contribution in [2.45, 2.75) is 12.6 Å². The number of halogens is 3. The number of phenols is 1. The lowest BCUT2D eigenvalue weighted by Gasteiger charge is -2.13. The Morgan fingerprint density at radius 2 is 1.97 bits per heavy atom. The van der Waals surface area contributed by atoms with Crippen LogP contribution in [0.15, 0.2) is 48.7 Å². The number of hydrogen-bond acceptors (Lipinski definition) is 4. The largest absolute Gasteiger partial charge is 0.508 e. The lowest BCUT2D eigenvalue weighted by Crippen LogP contribution is -2.12. The minimum Gasteiger partial charge on any atom is -0.508 e. The number of nitrogens with one attached hydrogen (secondary N) is 3. The van der Waals surface area contributed by atoms with Gasteiger partial charge in [0.05, 0.1) is 23.8 Å². The van der Waals surface area contributed by atoms with Gasteiger partial charge in [-0.2, -0.15) is 18.3 Å². The van der Waals surface area contributed by atoms with Gasteiger partial charge >= 0.3 is 6.18 Å².